The van der Waals surface area contributed by atoms with Gasteiger partial charge in [0.2, 0.25) is 6.43 Å². The van der Waals surface area contributed by atoms with E-state index in [9.17, 15) is 8.78 Å². The van der Waals surface area contributed by atoms with Gasteiger partial charge in [0, 0.05) is 18.5 Å². The third-order valence-electron chi connectivity index (χ3n) is 1.79. The molecule has 3 nitrogen and oxygen atoms in total. The molecule has 1 atom stereocenters. The van der Waals surface area contributed by atoms with E-state index in [4.69, 9.17) is 15.9 Å². The molecule has 1 aromatic carbocycles. The number of phenolic OH excluding ortho intramolecular Hbond substituents is 2. The molecule has 0 saturated heterocycles. The Morgan fingerprint density at radius 3 is 2.00 bits per heavy atom. The zero-order chi connectivity index (χ0) is 10.7. The molecule has 1 aromatic rings. The molecule has 0 aromatic heterocycles. The van der Waals surface area contributed by atoms with Crippen LogP contribution in [0.3, 0.4) is 0 Å². The molecule has 0 radical (unpaired) electrons. The number of hydrogen-bond donors (Lipinski definition) is 3. The molecule has 0 heterocycles. The molecule has 1 rings (SSSR count). The zero-order valence-electron chi connectivity index (χ0n) is 7.73. The maximum Gasteiger partial charge on any atom is 0.240 e. The smallest absolute Gasteiger partial charge is 0.240 e. The highest BCUT2D eigenvalue weighted by Crippen LogP contribution is 2.26. The summed E-state index contributed by atoms with van der Waals surface area (Å²) in [6.45, 7) is 0. The molecule has 0 aliphatic rings. The average Bonchev–Trinajstić information content (AvgIpc) is 2.00. The standard InChI is InChI=1S/C9H11F2NO2.ClH/c10-9(11)4-8(12)5-1-6(13)3-7(14)2-5;/h1-3,8-9,13-14H,4,12H2;1H/t8-;/m0./s1. The number of rotatable bonds is 3. The fourth-order valence-corrected chi connectivity index (χ4v) is 1.16. The summed E-state index contributed by atoms with van der Waals surface area (Å²) >= 11 is 0. The predicted octanol–water partition coefficient (Wildman–Crippen LogP) is 2.17. The lowest BCUT2D eigenvalue weighted by Crippen LogP contribution is -2.13. The Hall–Kier alpha value is -1.07. The monoisotopic (exact) mass is 239 g/mol. The quantitative estimate of drug-likeness (QED) is 0.757. The minimum absolute atomic E-state index is 0. The van der Waals surface area contributed by atoms with Crippen molar-refractivity contribution in [3.05, 3.63) is 23.8 Å². The van der Waals surface area contributed by atoms with Gasteiger partial charge in [0.25, 0.3) is 0 Å². The Bertz CT molecular complexity index is 303. The summed E-state index contributed by atoms with van der Waals surface area (Å²) in [5.74, 6) is -0.380. The van der Waals surface area contributed by atoms with Crippen molar-refractivity contribution < 1.29 is 19.0 Å². The van der Waals surface area contributed by atoms with Crippen molar-refractivity contribution in [1.29, 1.82) is 0 Å². The first-order valence-corrected chi connectivity index (χ1v) is 4.05. The Morgan fingerprint density at radius 1 is 1.13 bits per heavy atom. The van der Waals surface area contributed by atoms with Gasteiger partial charge in [0.1, 0.15) is 11.5 Å². The molecule has 86 valence electrons. The molecule has 6 heteroatoms. The molecule has 0 amide bonds. The zero-order valence-corrected chi connectivity index (χ0v) is 8.55. The number of phenols is 2. The van der Waals surface area contributed by atoms with Crippen LogP contribution in [-0.4, -0.2) is 16.6 Å². The molecular weight excluding hydrogens is 228 g/mol. The second-order valence-corrected chi connectivity index (χ2v) is 3.02. The van der Waals surface area contributed by atoms with Gasteiger partial charge in [-0.15, -0.1) is 12.4 Å². The third-order valence-corrected chi connectivity index (χ3v) is 1.79. The lowest BCUT2D eigenvalue weighted by molar-refractivity contribution is 0.128. The number of benzene rings is 1. The van der Waals surface area contributed by atoms with Crippen molar-refractivity contribution in [3.63, 3.8) is 0 Å². The van der Waals surface area contributed by atoms with Gasteiger partial charge in [-0.2, -0.15) is 0 Å². The topological polar surface area (TPSA) is 66.5 Å². The molecule has 0 bridgehead atoms. The van der Waals surface area contributed by atoms with Crippen LogP contribution in [0, 0.1) is 0 Å². The van der Waals surface area contributed by atoms with Gasteiger partial charge in [-0.1, -0.05) is 0 Å². The lowest BCUT2D eigenvalue weighted by atomic mass is 10.0. The van der Waals surface area contributed by atoms with E-state index < -0.39 is 18.9 Å². The first kappa shape index (κ1) is 13.9. The highest BCUT2D eigenvalue weighted by atomic mass is 35.5. The van der Waals surface area contributed by atoms with Crippen molar-refractivity contribution in [2.75, 3.05) is 0 Å². The van der Waals surface area contributed by atoms with Crippen LogP contribution in [0.4, 0.5) is 8.78 Å². The average molecular weight is 240 g/mol. The molecule has 0 saturated carbocycles. The molecule has 15 heavy (non-hydrogen) atoms. The van der Waals surface area contributed by atoms with E-state index in [0.29, 0.717) is 5.56 Å². The van der Waals surface area contributed by atoms with Crippen LogP contribution < -0.4 is 5.73 Å². The molecule has 0 aliphatic heterocycles. The molecule has 0 spiro atoms. The number of halogens is 3. The van der Waals surface area contributed by atoms with Gasteiger partial charge in [-0.05, 0) is 17.7 Å². The summed E-state index contributed by atoms with van der Waals surface area (Å²) < 4.78 is 23.9. The number of nitrogens with two attached hydrogens (primary N) is 1. The lowest BCUT2D eigenvalue weighted by Gasteiger charge is -2.11. The van der Waals surface area contributed by atoms with E-state index >= 15 is 0 Å². The fourth-order valence-electron chi connectivity index (χ4n) is 1.16. The molecular formula is C9H12ClF2NO2. The van der Waals surface area contributed by atoms with Gasteiger partial charge in [-0.3, -0.25) is 0 Å². The van der Waals surface area contributed by atoms with E-state index in [1.54, 1.807) is 0 Å². The van der Waals surface area contributed by atoms with Gasteiger partial charge in [-0.25, -0.2) is 8.78 Å². The van der Waals surface area contributed by atoms with Crippen molar-refractivity contribution >= 4 is 12.4 Å². The Balaban J connectivity index is 0.00000196. The normalized spacial score (nSPS) is 12.3. The van der Waals surface area contributed by atoms with Crippen molar-refractivity contribution in [2.24, 2.45) is 5.73 Å². The predicted molar refractivity (Wildman–Crippen MR) is 54.6 cm³/mol. The summed E-state index contributed by atoms with van der Waals surface area (Å²) in [5, 5.41) is 18.1. The van der Waals surface area contributed by atoms with Crippen LogP contribution >= 0.6 is 12.4 Å². The van der Waals surface area contributed by atoms with Crippen LogP contribution in [0.2, 0.25) is 0 Å². The van der Waals surface area contributed by atoms with E-state index in [1.165, 1.54) is 12.1 Å². The maximum absolute atomic E-state index is 12.0. The second-order valence-electron chi connectivity index (χ2n) is 3.02. The van der Waals surface area contributed by atoms with Gasteiger partial charge < -0.3 is 15.9 Å². The Kier molecular flexibility index (Phi) is 5.32. The summed E-state index contributed by atoms with van der Waals surface area (Å²) in [5.41, 5.74) is 5.73. The molecule has 0 fully saturated rings. The van der Waals surface area contributed by atoms with Crippen molar-refractivity contribution in [2.45, 2.75) is 18.9 Å². The largest absolute Gasteiger partial charge is 0.508 e. The Morgan fingerprint density at radius 2 is 1.60 bits per heavy atom. The van der Waals surface area contributed by atoms with Gasteiger partial charge >= 0.3 is 0 Å². The van der Waals surface area contributed by atoms with Crippen molar-refractivity contribution in [3.8, 4) is 11.5 Å². The highest BCUT2D eigenvalue weighted by Gasteiger charge is 2.14. The van der Waals surface area contributed by atoms with Crippen LogP contribution in [0.15, 0.2) is 18.2 Å². The van der Waals surface area contributed by atoms with Crippen LogP contribution in [0.5, 0.6) is 11.5 Å². The Labute approximate surface area is 91.9 Å². The first-order chi connectivity index (χ1) is 6.49. The van der Waals surface area contributed by atoms with E-state index in [-0.39, 0.29) is 23.9 Å². The summed E-state index contributed by atoms with van der Waals surface area (Å²) in [7, 11) is 0. The number of alkyl halides is 2. The van der Waals surface area contributed by atoms with E-state index in [2.05, 4.69) is 0 Å². The summed E-state index contributed by atoms with van der Waals surface area (Å²) in [4.78, 5) is 0. The van der Waals surface area contributed by atoms with Crippen LogP contribution in [0.1, 0.15) is 18.0 Å². The SMILES string of the molecule is Cl.N[C@@H](CC(F)F)c1cc(O)cc(O)c1. The number of aromatic hydroxyl groups is 2. The van der Waals surface area contributed by atoms with E-state index in [1.807, 2.05) is 0 Å². The minimum atomic E-state index is -2.51. The summed E-state index contributed by atoms with van der Waals surface area (Å²) in [6, 6.07) is 2.74. The fraction of sp³-hybridized carbons (Fsp3) is 0.333. The second kappa shape index (κ2) is 5.72. The van der Waals surface area contributed by atoms with Crippen LogP contribution in [-0.2, 0) is 0 Å². The maximum atomic E-state index is 12.0. The van der Waals surface area contributed by atoms with Gasteiger partial charge in [0.05, 0.1) is 0 Å². The highest BCUT2D eigenvalue weighted by molar-refractivity contribution is 5.85. The van der Waals surface area contributed by atoms with E-state index in [0.717, 1.165) is 6.07 Å². The minimum Gasteiger partial charge on any atom is -0.508 e. The number of hydrogen-bond acceptors (Lipinski definition) is 3. The molecule has 0 aliphatic carbocycles. The molecule has 4 N–H and O–H groups in total. The van der Waals surface area contributed by atoms with Crippen LogP contribution in [0.25, 0.3) is 0 Å². The summed E-state index contributed by atoms with van der Waals surface area (Å²) in [6.07, 6.45) is -3.00. The molecule has 0 unspecified atom stereocenters. The van der Waals surface area contributed by atoms with Crippen molar-refractivity contribution in [1.82, 2.24) is 0 Å². The van der Waals surface area contributed by atoms with Gasteiger partial charge in [0.15, 0.2) is 0 Å². The first-order valence-electron chi connectivity index (χ1n) is 4.05. The third kappa shape index (κ3) is 4.31.